The second-order valence-corrected chi connectivity index (χ2v) is 6.06. The molecule has 1 saturated carbocycles. The highest BCUT2D eigenvalue weighted by atomic mass is 19.1. The lowest BCUT2D eigenvalue weighted by atomic mass is 10.0. The van der Waals surface area contributed by atoms with Crippen molar-refractivity contribution in [3.05, 3.63) is 71.0 Å². The summed E-state index contributed by atoms with van der Waals surface area (Å²) in [4.78, 5) is 0. The van der Waals surface area contributed by atoms with Gasteiger partial charge < -0.3 is 5.32 Å². The summed E-state index contributed by atoms with van der Waals surface area (Å²) in [6.45, 7) is 3.01. The fraction of sp³-hybridized carbons (Fsp3) is 0.368. The van der Waals surface area contributed by atoms with Crippen molar-refractivity contribution in [1.29, 1.82) is 0 Å². The second kappa shape index (κ2) is 6.40. The molecule has 3 rings (SSSR count). The van der Waals surface area contributed by atoms with E-state index in [9.17, 15) is 4.39 Å². The first-order valence-electron chi connectivity index (χ1n) is 7.77. The van der Waals surface area contributed by atoms with Gasteiger partial charge in [0.2, 0.25) is 0 Å². The van der Waals surface area contributed by atoms with Crippen molar-refractivity contribution in [2.45, 2.75) is 32.2 Å². The van der Waals surface area contributed by atoms with Crippen molar-refractivity contribution in [3.63, 3.8) is 0 Å². The molecule has 1 aliphatic rings. The van der Waals surface area contributed by atoms with Crippen molar-refractivity contribution in [1.82, 2.24) is 5.32 Å². The van der Waals surface area contributed by atoms with Crippen LogP contribution in [-0.2, 0) is 6.42 Å². The highest BCUT2D eigenvalue weighted by molar-refractivity contribution is 5.25. The molecule has 2 aromatic rings. The molecule has 0 aromatic heterocycles. The first kappa shape index (κ1) is 14.3. The van der Waals surface area contributed by atoms with E-state index in [2.05, 4.69) is 36.5 Å². The minimum absolute atomic E-state index is 0.148. The summed E-state index contributed by atoms with van der Waals surface area (Å²) in [6, 6.07) is 16.2. The highest BCUT2D eigenvalue weighted by Crippen LogP contribution is 2.40. The standard InChI is InChI=1S/C19H22FN/c1-14-5-7-16(8-6-14)19(17-9-10-17)21-12-11-15-3-2-4-18(20)13-15/h2-8,13,17,19,21H,9-12H2,1H3. The SMILES string of the molecule is Cc1ccc(C(NCCc2cccc(F)c2)C2CC2)cc1. The van der Waals surface area contributed by atoms with Crippen LogP contribution in [0.25, 0.3) is 0 Å². The number of nitrogens with one attached hydrogen (secondary N) is 1. The third-order valence-electron chi connectivity index (χ3n) is 4.20. The van der Waals surface area contributed by atoms with Crippen molar-refractivity contribution in [2.24, 2.45) is 5.92 Å². The van der Waals surface area contributed by atoms with Crippen molar-refractivity contribution in [2.75, 3.05) is 6.54 Å². The van der Waals surface area contributed by atoms with Gasteiger partial charge in [-0.2, -0.15) is 0 Å². The third kappa shape index (κ3) is 3.92. The molecule has 1 unspecified atom stereocenters. The smallest absolute Gasteiger partial charge is 0.123 e. The summed E-state index contributed by atoms with van der Waals surface area (Å²) < 4.78 is 13.2. The van der Waals surface area contributed by atoms with Crippen LogP contribution in [0, 0.1) is 18.7 Å². The molecular weight excluding hydrogens is 261 g/mol. The zero-order chi connectivity index (χ0) is 14.7. The van der Waals surface area contributed by atoms with Gasteiger partial charge in [-0.15, -0.1) is 0 Å². The first-order valence-corrected chi connectivity index (χ1v) is 7.77. The highest BCUT2D eigenvalue weighted by Gasteiger charge is 2.31. The molecule has 1 atom stereocenters. The molecule has 0 amide bonds. The quantitative estimate of drug-likeness (QED) is 0.827. The average molecular weight is 283 g/mol. The van der Waals surface area contributed by atoms with E-state index in [-0.39, 0.29) is 5.82 Å². The van der Waals surface area contributed by atoms with Crippen LogP contribution in [0.2, 0.25) is 0 Å². The maximum absolute atomic E-state index is 13.2. The first-order chi connectivity index (χ1) is 10.2. The Bertz CT molecular complexity index is 587. The van der Waals surface area contributed by atoms with Crippen LogP contribution in [-0.4, -0.2) is 6.54 Å². The Balaban J connectivity index is 1.60. The van der Waals surface area contributed by atoms with Gasteiger partial charge in [0.25, 0.3) is 0 Å². The van der Waals surface area contributed by atoms with E-state index in [4.69, 9.17) is 0 Å². The number of rotatable bonds is 6. The van der Waals surface area contributed by atoms with Crippen LogP contribution in [0.5, 0.6) is 0 Å². The summed E-state index contributed by atoms with van der Waals surface area (Å²) in [7, 11) is 0. The van der Waals surface area contributed by atoms with Gasteiger partial charge in [-0.05, 0) is 61.9 Å². The van der Waals surface area contributed by atoms with Crippen LogP contribution in [0.1, 0.15) is 35.6 Å². The summed E-state index contributed by atoms with van der Waals surface area (Å²) >= 11 is 0. The van der Waals surface area contributed by atoms with Gasteiger partial charge in [0, 0.05) is 6.04 Å². The summed E-state index contributed by atoms with van der Waals surface area (Å²) in [6.07, 6.45) is 3.49. The number of halogens is 1. The molecule has 1 aliphatic carbocycles. The van der Waals surface area contributed by atoms with Gasteiger partial charge in [-0.25, -0.2) is 4.39 Å². The molecule has 110 valence electrons. The summed E-state index contributed by atoms with van der Waals surface area (Å²) in [5.74, 6) is 0.616. The summed E-state index contributed by atoms with van der Waals surface area (Å²) in [5, 5.41) is 3.66. The Hall–Kier alpha value is -1.67. The molecule has 0 heterocycles. The molecule has 0 bridgehead atoms. The van der Waals surface area contributed by atoms with Crippen molar-refractivity contribution >= 4 is 0 Å². The maximum Gasteiger partial charge on any atom is 0.123 e. The molecule has 2 heteroatoms. The monoisotopic (exact) mass is 283 g/mol. The van der Waals surface area contributed by atoms with E-state index in [1.54, 1.807) is 12.1 Å². The molecule has 2 aromatic carbocycles. The topological polar surface area (TPSA) is 12.0 Å². The lowest BCUT2D eigenvalue weighted by molar-refractivity contribution is 0.484. The lowest BCUT2D eigenvalue weighted by Crippen LogP contribution is -2.25. The zero-order valence-electron chi connectivity index (χ0n) is 12.5. The van der Waals surface area contributed by atoms with E-state index in [1.165, 1.54) is 30.0 Å². The van der Waals surface area contributed by atoms with Crippen LogP contribution >= 0.6 is 0 Å². The summed E-state index contributed by atoms with van der Waals surface area (Å²) in [5.41, 5.74) is 3.73. The number of hydrogen-bond acceptors (Lipinski definition) is 1. The van der Waals surface area contributed by atoms with E-state index < -0.39 is 0 Å². The van der Waals surface area contributed by atoms with E-state index in [0.29, 0.717) is 6.04 Å². The Morgan fingerprint density at radius 1 is 1.14 bits per heavy atom. The van der Waals surface area contributed by atoms with E-state index >= 15 is 0 Å². The van der Waals surface area contributed by atoms with E-state index in [1.807, 2.05) is 6.07 Å². The second-order valence-electron chi connectivity index (χ2n) is 6.06. The van der Waals surface area contributed by atoms with Crippen molar-refractivity contribution in [3.8, 4) is 0 Å². The van der Waals surface area contributed by atoms with Crippen molar-refractivity contribution < 1.29 is 4.39 Å². The molecule has 0 spiro atoms. The molecule has 0 radical (unpaired) electrons. The van der Waals surface area contributed by atoms with Gasteiger partial charge in [0.05, 0.1) is 0 Å². The fourth-order valence-corrected chi connectivity index (χ4v) is 2.82. The molecule has 1 fully saturated rings. The maximum atomic E-state index is 13.2. The number of benzene rings is 2. The minimum atomic E-state index is -0.148. The van der Waals surface area contributed by atoms with Crippen LogP contribution in [0.3, 0.4) is 0 Å². The molecule has 1 N–H and O–H groups in total. The Morgan fingerprint density at radius 2 is 1.90 bits per heavy atom. The van der Waals surface area contributed by atoms with Crippen LogP contribution < -0.4 is 5.32 Å². The fourth-order valence-electron chi connectivity index (χ4n) is 2.82. The number of aryl methyl sites for hydroxylation is 1. The number of hydrogen-bond donors (Lipinski definition) is 1. The van der Waals surface area contributed by atoms with Gasteiger partial charge >= 0.3 is 0 Å². The lowest BCUT2D eigenvalue weighted by Gasteiger charge is -2.19. The molecular formula is C19H22FN. The van der Waals surface area contributed by atoms with Gasteiger partial charge in [-0.1, -0.05) is 42.0 Å². The normalized spacial score (nSPS) is 15.9. The molecule has 0 aliphatic heterocycles. The minimum Gasteiger partial charge on any atom is -0.309 e. The largest absolute Gasteiger partial charge is 0.309 e. The van der Waals surface area contributed by atoms with E-state index in [0.717, 1.165) is 24.4 Å². The molecule has 0 saturated heterocycles. The average Bonchev–Trinajstić information content (AvgIpc) is 3.30. The van der Waals surface area contributed by atoms with Gasteiger partial charge in [0.15, 0.2) is 0 Å². The Labute approximate surface area is 126 Å². The third-order valence-corrected chi connectivity index (χ3v) is 4.20. The van der Waals surface area contributed by atoms with Gasteiger partial charge in [-0.3, -0.25) is 0 Å². The zero-order valence-corrected chi connectivity index (χ0v) is 12.5. The predicted molar refractivity (Wildman–Crippen MR) is 84.8 cm³/mol. The van der Waals surface area contributed by atoms with Crippen LogP contribution in [0.15, 0.2) is 48.5 Å². The Morgan fingerprint density at radius 3 is 2.57 bits per heavy atom. The van der Waals surface area contributed by atoms with Gasteiger partial charge in [0.1, 0.15) is 5.82 Å². The molecule has 1 nitrogen and oxygen atoms in total. The molecule has 21 heavy (non-hydrogen) atoms. The Kier molecular flexibility index (Phi) is 4.35. The van der Waals surface area contributed by atoms with Crippen LogP contribution in [0.4, 0.5) is 4.39 Å². The predicted octanol–water partition coefficient (Wildman–Crippen LogP) is 4.42.